The number of aromatic nitrogens is 2. The highest BCUT2D eigenvalue weighted by atomic mass is 127. The van der Waals surface area contributed by atoms with Gasteiger partial charge in [0.2, 0.25) is 0 Å². The molecule has 0 fully saturated rings. The van der Waals surface area contributed by atoms with Gasteiger partial charge in [-0.3, -0.25) is 4.99 Å². The van der Waals surface area contributed by atoms with Gasteiger partial charge in [0.05, 0.1) is 16.6 Å². The highest BCUT2D eigenvalue weighted by molar-refractivity contribution is 14.0. The van der Waals surface area contributed by atoms with Crippen LogP contribution in [0.15, 0.2) is 17.4 Å². The Bertz CT molecular complexity index is 579. The SMILES string of the molecule is CN=C(NCCc1ncc(C)s1)NCc1cnc(C)s1.I. The maximum atomic E-state index is 4.35. The Morgan fingerprint density at radius 3 is 2.57 bits per heavy atom. The third-order valence-electron chi connectivity index (χ3n) is 2.62. The summed E-state index contributed by atoms with van der Waals surface area (Å²) in [5.74, 6) is 0.810. The molecule has 0 aliphatic carbocycles. The van der Waals surface area contributed by atoms with Crippen LogP contribution in [0.3, 0.4) is 0 Å². The molecule has 8 heteroatoms. The Balaban J connectivity index is 0.00000220. The van der Waals surface area contributed by atoms with Gasteiger partial charge in [-0.25, -0.2) is 9.97 Å². The predicted octanol–water partition coefficient (Wildman–Crippen LogP) is 2.74. The van der Waals surface area contributed by atoms with Gasteiger partial charge < -0.3 is 10.6 Å². The van der Waals surface area contributed by atoms with Crippen LogP contribution >= 0.6 is 46.7 Å². The number of nitrogens with zero attached hydrogens (tertiary/aromatic N) is 3. The van der Waals surface area contributed by atoms with E-state index < -0.39 is 0 Å². The molecule has 2 N–H and O–H groups in total. The van der Waals surface area contributed by atoms with Crippen LogP contribution in [0.4, 0.5) is 0 Å². The van der Waals surface area contributed by atoms with E-state index in [4.69, 9.17) is 0 Å². The molecule has 0 unspecified atom stereocenters. The van der Waals surface area contributed by atoms with Crippen molar-refractivity contribution in [3.05, 3.63) is 32.2 Å². The number of thiazole rings is 2. The van der Waals surface area contributed by atoms with E-state index in [-0.39, 0.29) is 24.0 Å². The first kappa shape index (κ1) is 18.3. The molecule has 0 saturated heterocycles. The van der Waals surface area contributed by atoms with Crippen molar-refractivity contribution in [2.45, 2.75) is 26.8 Å². The monoisotopic (exact) mass is 437 g/mol. The summed E-state index contributed by atoms with van der Waals surface area (Å²) in [5.41, 5.74) is 0. The first-order valence-electron chi connectivity index (χ1n) is 6.44. The van der Waals surface area contributed by atoms with Gasteiger partial charge in [-0.2, -0.15) is 0 Å². The minimum Gasteiger partial charge on any atom is -0.356 e. The lowest BCUT2D eigenvalue weighted by Gasteiger charge is -2.10. The van der Waals surface area contributed by atoms with Crippen LogP contribution in [-0.4, -0.2) is 29.5 Å². The van der Waals surface area contributed by atoms with Crippen molar-refractivity contribution in [2.24, 2.45) is 4.99 Å². The molecule has 2 rings (SSSR count). The summed E-state index contributed by atoms with van der Waals surface area (Å²) in [5, 5.41) is 8.82. The fourth-order valence-electron chi connectivity index (χ4n) is 1.68. The number of hydrogen-bond donors (Lipinski definition) is 2. The van der Waals surface area contributed by atoms with Crippen LogP contribution in [0.25, 0.3) is 0 Å². The molecule has 0 spiro atoms. The van der Waals surface area contributed by atoms with Crippen molar-refractivity contribution < 1.29 is 0 Å². The fourth-order valence-corrected chi connectivity index (χ4v) is 3.20. The van der Waals surface area contributed by atoms with Crippen LogP contribution in [0, 0.1) is 13.8 Å². The van der Waals surface area contributed by atoms with Gasteiger partial charge in [0.25, 0.3) is 0 Å². The van der Waals surface area contributed by atoms with E-state index in [1.165, 1.54) is 9.75 Å². The van der Waals surface area contributed by atoms with Crippen molar-refractivity contribution in [1.29, 1.82) is 0 Å². The maximum absolute atomic E-state index is 4.35. The number of halogens is 1. The number of guanidine groups is 1. The Kier molecular flexibility index (Phi) is 8.12. The molecule has 0 atom stereocenters. The van der Waals surface area contributed by atoms with Gasteiger partial charge in [-0.05, 0) is 13.8 Å². The van der Waals surface area contributed by atoms with E-state index in [0.717, 1.165) is 35.5 Å². The molecular formula is C13H20IN5S2. The lowest BCUT2D eigenvalue weighted by molar-refractivity contribution is 0.795. The van der Waals surface area contributed by atoms with E-state index in [1.807, 2.05) is 19.3 Å². The number of aliphatic imine (C=N–C) groups is 1. The summed E-state index contributed by atoms with van der Waals surface area (Å²) < 4.78 is 0. The van der Waals surface area contributed by atoms with Gasteiger partial charge >= 0.3 is 0 Å². The Labute approximate surface area is 150 Å². The van der Waals surface area contributed by atoms with Crippen LogP contribution in [0.1, 0.15) is 19.8 Å². The standard InChI is InChI=1S/C13H19N5S2.HI/c1-9-6-17-12(19-9)4-5-15-13(14-3)18-8-11-7-16-10(2)20-11;/h6-7H,4-5,8H2,1-3H3,(H2,14,15,18);1H. The highest BCUT2D eigenvalue weighted by Crippen LogP contribution is 2.11. The fraction of sp³-hybridized carbons (Fsp3) is 0.462. The van der Waals surface area contributed by atoms with E-state index in [1.54, 1.807) is 29.7 Å². The van der Waals surface area contributed by atoms with Gasteiger partial charge in [0, 0.05) is 42.2 Å². The molecule has 0 bridgehead atoms. The molecule has 5 nitrogen and oxygen atoms in total. The Morgan fingerprint density at radius 2 is 2.00 bits per heavy atom. The predicted molar refractivity (Wildman–Crippen MR) is 101 cm³/mol. The van der Waals surface area contributed by atoms with Crippen molar-refractivity contribution in [1.82, 2.24) is 20.6 Å². The average molecular weight is 437 g/mol. The average Bonchev–Trinajstić information content (AvgIpc) is 3.02. The van der Waals surface area contributed by atoms with Crippen LogP contribution in [0.5, 0.6) is 0 Å². The Morgan fingerprint density at radius 1 is 1.19 bits per heavy atom. The zero-order valence-corrected chi connectivity index (χ0v) is 16.3. The molecule has 0 amide bonds. The smallest absolute Gasteiger partial charge is 0.191 e. The van der Waals surface area contributed by atoms with Gasteiger partial charge in [-0.1, -0.05) is 0 Å². The van der Waals surface area contributed by atoms with Crippen molar-refractivity contribution in [3.63, 3.8) is 0 Å². The first-order valence-corrected chi connectivity index (χ1v) is 8.08. The second-order valence-corrected chi connectivity index (χ2v) is 6.95. The topological polar surface area (TPSA) is 62.2 Å². The summed E-state index contributed by atoms with van der Waals surface area (Å²) in [6.45, 7) is 5.67. The summed E-state index contributed by atoms with van der Waals surface area (Å²) in [7, 11) is 1.78. The molecule has 21 heavy (non-hydrogen) atoms. The van der Waals surface area contributed by atoms with Gasteiger partial charge in [0.15, 0.2) is 5.96 Å². The molecule has 0 aromatic carbocycles. The van der Waals surface area contributed by atoms with Crippen LogP contribution in [0.2, 0.25) is 0 Å². The number of aryl methyl sites for hydroxylation is 2. The molecule has 116 valence electrons. The second kappa shape index (κ2) is 9.31. The minimum atomic E-state index is 0. The largest absolute Gasteiger partial charge is 0.356 e. The Hall–Kier alpha value is -0.740. The van der Waals surface area contributed by atoms with Crippen LogP contribution < -0.4 is 10.6 Å². The van der Waals surface area contributed by atoms with Crippen LogP contribution in [-0.2, 0) is 13.0 Å². The normalized spacial score (nSPS) is 11.1. The molecule has 0 saturated carbocycles. The summed E-state index contributed by atoms with van der Waals surface area (Å²) in [6.07, 6.45) is 4.73. The molecular weight excluding hydrogens is 417 g/mol. The van der Waals surface area contributed by atoms with E-state index in [0.29, 0.717) is 0 Å². The van der Waals surface area contributed by atoms with E-state index in [9.17, 15) is 0 Å². The number of nitrogens with one attached hydrogen (secondary N) is 2. The molecule has 0 aliphatic heterocycles. The summed E-state index contributed by atoms with van der Waals surface area (Å²) in [4.78, 5) is 15.3. The molecule has 2 heterocycles. The maximum Gasteiger partial charge on any atom is 0.191 e. The van der Waals surface area contributed by atoms with E-state index >= 15 is 0 Å². The van der Waals surface area contributed by atoms with E-state index in [2.05, 4.69) is 32.5 Å². The number of hydrogen-bond acceptors (Lipinski definition) is 5. The van der Waals surface area contributed by atoms with Gasteiger partial charge in [0.1, 0.15) is 0 Å². The third kappa shape index (κ3) is 6.27. The summed E-state index contributed by atoms with van der Waals surface area (Å²) >= 11 is 3.44. The molecule has 0 radical (unpaired) electrons. The summed E-state index contributed by atoms with van der Waals surface area (Å²) in [6, 6.07) is 0. The van der Waals surface area contributed by atoms with Crippen molar-refractivity contribution in [2.75, 3.05) is 13.6 Å². The lowest BCUT2D eigenvalue weighted by Crippen LogP contribution is -2.37. The zero-order chi connectivity index (χ0) is 14.4. The van der Waals surface area contributed by atoms with Gasteiger partial charge in [-0.15, -0.1) is 46.7 Å². The molecule has 0 aliphatic rings. The van der Waals surface area contributed by atoms with Crippen molar-refractivity contribution >= 4 is 52.6 Å². The second-order valence-electron chi connectivity index (χ2n) is 4.31. The van der Waals surface area contributed by atoms with Crippen molar-refractivity contribution in [3.8, 4) is 0 Å². The third-order valence-corrected chi connectivity index (χ3v) is 4.51. The highest BCUT2D eigenvalue weighted by Gasteiger charge is 2.02. The zero-order valence-electron chi connectivity index (χ0n) is 12.3. The molecule has 2 aromatic heterocycles. The lowest BCUT2D eigenvalue weighted by atomic mass is 10.4. The first-order chi connectivity index (χ1) is 9.67. The minimum absolute atomic E-state index is 0. The quantitative estimate of drug-likeness (QED) is 0.429. The number of rotatable bonds is 5. The molecule has 2 aromatic rings.